The van der Waals surface area contributed by atoms with Crippen molar-refractivity contribution >= 4 is 27.3 Å². The lowest BCUT2D eigenvalue weighted by Gasteiger charge is -2.29. The summed E-state index contributed by atoms with van der Waals surface area (Å²) in [6.45, 7) is 8.75. The molecule has 1 aromatic carbocycles. The van der Waals surface area contributed by atoms with Crippen molar-refractivity contribution in [2.75, 3.05) is 11.5 Å². The number of hydrogen-bond donors (Lipinski definition) is 0. The highest BCUT2D eigenvalue weighted by Gasteiger charge is 2.61. The molecule has 3 rings (SSSR count). The summed E-state index contributed by atoms with van der Waals surface area (Å²) >= 11 is 5.97. The van der Waals surface area contributed by atoms with Gasteiger partial charge in [0.25, 0.3) is 0 Å². The first-order valence-electron chi connectivity index (χ1n) is 9.41. The molecule has 0 aromatic heterocycles. The van der Waals surface area contributed by atoms with Crippen molar-refractivity contribution in [1.82, 2.24) is 4.90 Å². The van der Waals surface area contributed by atoms with Crippen LogP contribution >= 0.6 is 11.6 Å². The Labute approximate surface area is 167 Å². The van der Waals surface area contributed by atoms with Crippen molar-refractivity contribution in [3.8, 4) is 0 Å². The third-order valence-corrected chi connectivity index (χ3v) is 7.89. The minimum Gasteiger partial charge on any atom is -0.334 e. The van der Waals surface area contributed by atoms with Crippen LogP contribution in [0, 0.1) is 17.3 Å². The van der Waals surface area contributed by atoms with Crippen LogP contribution in [0.4, 0.5) is 0 Å². The van der Waals surface area contributed by atoms with Gasteiger partial charge >= 0.3 is 0 Å². The SMILES string of the molecule is CC(C)=C[C@@H]1[C@@H](C(=O)N(Cc2ccc(Cl)cc2)[C@@H]2CCS(=O)(=O)C2)C1(C)C. The second-order valence-electron chi connectivity index (χ2n) is 8.72. The third kappa shape index (κ3) is 4.40. The molecule has 2 aliphatic rings. The van der Waals surface area contributed by atoms with Crippen LogP contribution < -0.4 is 0 Å². The molecule has 0 unspecified atom stereocenters. The van der Waals surface area contributed by atoms with E-state index in [1.807, 2.05) is 26.0 Å². The van der Waals surface area contributed by atoms with Crippen LogP contribution in [0.3, 0.4) is 0 Å². The second kappa shape index (κ2) is 7.25. The maximum absolute atomic E-state index is 13.5. The van der Waals surface area contributed by atoms with Crippen molar-refractivity contribution in [2.45, 2.75) is 46.7 Å². The molecule has 0 spiro atoms. The normalized spacial score (nSPS) is 27.8. The van der Waals surface area contributed by atoms with Crippen molar-refractivity contribution in [3.05, 3.63) is 46.5 Å². The van der Waals surface area contributed by atoms with Gasteiger partial charge in [-0.1, -0.05) is 49.2 Å². The Balaban J connectivity index is 1.86. The molecule has 1 aromatic rings. The third-order valence-electron chi connectivity index (χ3n) is 5.89. The summed E-state index contributed by atoms with van der Waals surface area (Å²) in [5.74, 6) is 0.406. The molecule has 0 bridgehead atoms. The molecule has 1 aliphatic carbocycles. The molecule has 27 heavy (non-hydrogen) atoms. The average Bonchev–Trinajstić information content (AvgIpc) is 2.90. The minimum atomic E-state index is -3.07. The van der Waals surface area contributed by atoms with Gasteiger partial charge < -0.3 is 4.90 Å². The summed E-state index contributed by atoms with van der Waals surface area (Å²) in [5.41, 5.74) is 2.08. The van der Waals surface area contributed by atoms with Crippen molar-refractivity contribution in [2.24, 2.45) is 17.3 Å². The van der Waals surface area contributed by atoms with Crippen LogP contribution in [0.1, 0.15) is 39.7 Å². The van der Waals surface area contributed by atoms with E-state index in [0.717, 1.165) is 5.56 Å². The fraction of sp³-hybridized carbons (Fsp3) is 0.571. The summed E-state index contributed by atoms with van der Waals surface area (Å²) in [6.07, 6.45) is 2.69. The zero-order valence-corrected chi connectivity index (χ0v) is 18.0. The number of amides is 1. The molecular formula is C21H28ClNO3S. The van der Waals surface area contributed by atoms with Gasteiger partial charge in [-0.3, -0.25) is 4.79 Å². The fourth-order valence-electron chi connectivity index (χ4n) is 4.19. The molecule has 1 saturated heterocycles. The van der Waals surface area contributed by atoms with E-state index in [0.29, 0.717) is 18.0 Å². The van der Waals surface area contributed by atoms with Crippen LogP contribution in [-0.2, 0) is 21.2 Å². The van der Waals surface area contributed by atoms with Gasteiger partial charge in [0.05, 0.1) is 17.4 Å². The summed E-state index contributed by atoms with van der Waals surface area (Å²) < 4.78 is 24.0. The Morgan fingerprint density at radius 1 is 1.26 bits per heavy atom. The number of benzene rings is 1. The van der Waals surface area contributed by atoms with Gasteiger partial charge in [-0.2, -0.15) is 0 Å². The highest BCUT2D eigenvalue weighted by atomic mass is 35.5. The number of nitrogens with zero attached hydrogens (tertiary/aromatic N) is 1. The predicted molar refractivity (Wildman–Crippen MR) is 109 cm³/mol. The average molecular weight is 410 g/mol. The maximum atomic E-state index is 13.5. The van der Waals surface area contributed by atoms with Gasteiger partial charge in [0.1, 0.15) is 0 Å². The number of halogens is 1. The lowest BCUT2D eigenvalue weighted by atomic mass is 10.1. The fourth-order valence-corrected chi connectivity index (χ4v) is 6.05. The van der Waals surface area contributed by atoms with E-state index in [4.69, 9.17) is 11.6 Å². The van der Waals surface area contributed by atoms with Crippen LogP contribution in [0.2, 0.25) is 5.02 Å². The zero-order valence-electron chi connectivity index (χ0n) is 16.4. The first-order valence-corrected chi connectivity index (χ1v) is 11.6. The molecule has 1 heterocycles. The number of carbonyl (C=O) groups excluding carboxylic acids is 1. The zero-order chi connectivity index (χ0) is 20.0. The van der Waals surface area contributed by atoms with E-state index >= 15 is 0 Å². The molecule has 148 valence electrons. The summed E-state index contributed by atoms with van der Waals surface area (Å²) in [7, 11) is -3.07. The largest absolute Gasteiger partial charge is 0.334 e. The van der Waals surface area contributed by atoms with Crippen LogP contribution in [-0.4, -0.2) is 36.8 Å². The highest BCUT2D eigenvalue weighted by Crippen LogP contribution is 2.60. The van der Waals surface area contributed by atoms with Crippen molar-refractivity contribution in [3.63, 3.8) is 0 Å². The summed E-state index contributed by atoms with van der Waals surface area (Å²) in [5, 5.41) is 0.645. The Kier molecular flexibility index (Phi) is 5.48. The van der Waals surface area contributed by atoms with Gasteiger partial charge in [0.15, 0.2) is 9.84 Å². The smallest absolute Gasteiger partial charge is 0.227 e. The molecule has 1 saturated carbocycles. The number of hydrogen-bond acceptors (Lipinski definition) is 3. The summed E-state index contributed by atoms with van der Waals surface area (Å²) in [6, 6.07) is 7.16. The highest BCUT2D eigenvalue weighted by molar-refractivity contribution is 7.91. The van der Waals surface area contributed by atoms with Gasteiger partial charge in [-0.25, -0.2) is 8.42 Å². The van der Waals surface area contributed by atoms with Crippen LogP contribution in [0.15, 0.2) is 35.9 Å². The number of allylic oxidation sites excluding steroid dienone is 2. The Morgan fingerprint density at radius 2 is 1.89 bits per heavy atom. The van der Waals surface area contributed by atoms with E-state index in [2.05, 4.69) is 19.9 Å². The van der Waals surface area contributed by atoms with Gasteiger partial charge in [0, 0.05) is 17.6 Å². The Hall–Kier alpha value is -1.33. The lowest BCUT2D eigenvalue weighted by Crippen LogP contribution is -2.42. The molecule has 1 aliphatic heterocycles. The Morgan fingerprint density at radius 3 is 2.41 bits per heavy atom. The van der Waals surface area contributed by atoms with E-state index in [-0.39, 0.29) is 40.7 Å². The molecule has 4 nitrogen and oxygen atoms in total. The van der Waals surface area contributed by atoms with Gasteiger partial charge in [-0.05, 0) is 49.3 Å². The lowest BCUT2D eigenvalue weighted by molar-refractivity contribution is -0.136. The van der Waals surface area contributed by atoms with E-state index < -0.39 is 9.84 Å². The number of rotatable bonds is 5. The molecule has 2 fully saturated rings. The van der Waals surface area contributed by atoms with Crippen LogP contribution in [0.25, 0.3) is 0 Å². The molecular weight excluding hydrogens is 382 g/mol. The molecule has 6 heteroatoms. The molecule has 3 atom stereocenters. The van der Waals surface area contributed by atoms with E-state index in [1.54, 1.807) is 17.0 Å². The second-order valence-corrected chi connectivity index (χ2v) is 11.4. The number of carbonyl (C=O) groups is 1. The van der Waals surface area contributed by atoms with Gasteiger partial charge in [0.2, 0.25) is 5.91 Å². The molecule has 1 amide bonds. The molecule has 0 N–H and O–H groups in total. The number of sulfone groups is 1. The first kappa shape index (κ1) is 20.4. The monoisotopic (exact) mass is 409 g/mol. The first-order chi connectivity index (χ1) is 12.5. The van der Waals surface area contributed by atoms with Crippen molar-refractivity contribution < 1.29 is 13.2 Å². The topological polar surface area (TPSA) is 54.5 Å². The quantitative estimate of drug-likeness (QED) is 0.688. The summed E-state index contributed by atoms with van der Waals surface area (Å²) in [4.78, 5) is 15.3. The van der Waals surface area contributed by atoms with Crippen LogP contribution in [0.5, 0.6) is 0 Å². The predicted octanol–water partition coefficient (Wildman–Crippen LogP) is 4.09. The standard InChI is InChI=1S/C21H28ClNO3S/c1-14(2)11-18-19(21(18,3)4)20(24)23(17-9-10-27(25,26)13-17)12-15-5-7-16(22)8-6-15/h5-8,11,17-19H,9-10,12-13H2,1-4H3/t17-,18-,19+/m1/s1. The maximum Gasteiger partial charge on any atom is 0.227 e. The Bertz CT molecular complexity index is 854. The minimum absolute atomic E-state index is 0.0623. The molecule has 0 radical (unpaired) electrons. The van der Waals surface area contributed by atoms with Gasteiger partial charge in [-0.15, -0.1) is 0 Å². The van der Waals surface area contributed by atoms with Crippen molar-refractivity contribution in [1.29, 1.82) is 0 Å². The van der Waals surface area contributed by atoms with E-state index in [9.17, 15) is 13.2 Å². The van der Waals surface area contributed by atoms with E-state index in [1.165, 1.54) is 5.57 Å².